The second-order valence-corrected chi connectivity index (χ2v) is 11.7. The van der Waals surface area contributed by atoms with E-state index in [9.17, 15) is 9.90 Å². The number of nitrogens with two attached hydrogens (primary N) is 1. The molecule has 1 amide bonds. The number of anilines is 1. The van der Waals surface area contributed by atoms with Crippen molar-refractivity contribution in [3.63, 3.8) is 0 Å². The highest BCUT2D eigenvalue weighted by atomic mass is 125. The number of hydrogen-bond donors (Lipinski definition) is 4. The number of carbonyl (C=O) groups is 1. The summed E-state index contributed by atoms with van der Waals surface area (Å²) in [6, 6.07) is 14.9. The first-order valence-corrected chi connectivity index (χ1v) is 13.9. The number of para-hydroxylation sites is 1. The lowest BCUT2D eigenvalue weighted by atomic mass is 9.64. The molecule has 6 nitrogen and oxygen atoms in total. The zero-order valence-corrected chi connectivity index (χ0v) is 22.0. The molecule has 7 heteroatoms. The van der Waals surface area contributed by atoms with Crippen LogP contribution in [0.5, 0.6) is 0 Å². The van der Waals surface area contributed by atoms with Crippen molar-refractivity contribution >= 4 is 45.1 Å². The number of benzene rings is 2. The van der Waals surface area contributed by atoms with Gasteiger partial charge < -0.3 is 21.1 Å². The van der Waals surface area contributed by atoms with Gasteiger partial charge in [0.15, 0.2) is 0 Å². The predicted molar refractivity (Wildman–Crippen MR) is 147 cm³/mol. The van der Waals surface area contributed by atoms with Crippen LogP contribution in [0.15, 0.2) is 42.5 Å². The number of nitrogens with zero attached hydrogens (tertiary/aromatic N) is 1. The van der Waals surface area contributed by atoms with Gasteiger partial charge >= 0.3 is 0 Å². The fraction of sp³-hybridized carbons (Fsp3) is 0.464. The van der Waals surface area contributed by atoms with Crippen molar-refractivity contribution in [2.24, 2.45) is 17.8 Å². The monoisotopic (exact) mass is 582 g/mol. The highest BCUT2D eigenvalue weighted by Crippen LogP contribution is 2.49. The standard InChI is InChI=1S/C28H33IN4O2/c29-21-13-16(5-7-22(21)30)9-11-31-28(35)26-20-14-24-27-19(18-3-1-2-4-23(18)32-27)10-12-33(24)15-17(20)6-8-25(26)34/h1-5,7,13,17,20,24-26,32,34H,6,8-12,14-15,30H2,(H,31,35)/t17-,20+,24?,25+,26+/m1/s1/i29-2. The first-order chi connectivity index (χ1) is 17.0. The second-order valence-electron chi connectivity index (χ2n) is 10.6. The maximum absolute atomic E-state index is 13.4. The van der Waals surface area contributed by atoms with E-state index in [-0.39, 0.29) is 17.7 Å². The number of aromatic nitrogens is 1. The van der Waals surface area contributed by atoms with Crippen LogP contribution in [0.2, 0.25) is 0 Å². The molecule has 0 spiro atoms. The van der Waals surface area contributed by atoms with Gasteiger partial charge in [0.2, 0.25) is 5.91 Å². The van der Waals surface area contributed by atoms with Gasteiger partial charge in [-0.25, -0.2) is 0 Å². The Kier molecular flexibility index (Phi) is 6.26. The summed E-state index contributed by atoms with van der Waals surface area (Å²) in [5.74, 6) is 0.348. The summed E-state index contributed by atoms with van der Waals surface area (Å²) in [5.41, 5.74) is 11.8. The number of aromatic amines is 1. The molecule has 1 unspecified atom stereocenters. The summed E-state index contributed by atoms with van der Waals surface area (Å²) in [6.45, 7) is 2.66. The number of fused-ring (bicyclic) bond motifs is 6. The first kappa shape index (κ1) is 23.3. The minimum absolute atomic E-state index is 0.0125. The van der Waals surface area contributed by atoms with Crippen molar-refractivity contribution in [1.29, 1.82) is 0 Å². The molecule has 2 fully saturated rings. The quantitative estimate of drug-likeness (QED) is 0.276. The van der Waals surface area contributed by atoms with Gasteiger partial charge in [0.05, 0.1) is 18.1 Å². The average Bonchev–Trinajstić information content (AvgIpc) is 3.24. The highest BCUT2D eigenvalue weighted by molar-refractivity contribution is 14.1. The fourth-order valence-electron chi connectivity index (χ4n) is 6.88. The molecule has 1 saturated heterocycles. The zero-order chi connectivity index (χ0) is 24.1. The van der Waals surface area contributed by atoms with Crippen LogP contribution >= 0.6 is 22.6 Å². The van der Waals surface area contributed by atoms with E-state index in [1.165, 1.54) is 22.2 Å². The maximum Gasteiger partial charge on any atom is 0.226 e. The largest absolute Gasteiger partial charge is 0.398 e. The number of aliphatic hydroxyl groups excluding tert-OH is 1. The molecule has 6 rings (SSSR count). The minimum atomic E-state index is -0.564. The number of piperidine rings is 1. The van der Waals surface area contributed by atoms with Gasteiger partial charge in [-0.15, -0.1) is 0 Å². The third kappa shape index (κ3) is 4.25. The number of nitrogens with one attached hydrogen (secondary N) is 2. The van der Waals surface area contributed by atoms with Gasteiger partial charge in [0.25, 0.3) is 0 Å². The number of nitrogen functional groups attached to an aromatic ring is 1. The number of halogens is 1. The van der Waals surface area contributed by atoms with E-state index in [2.05, 4.69) is 68.1 Å². The van der Waals surface area contributed by atoms with Crippen LogP contribution in [0.3, 0.4) is 0 Å². The number of aliphatic hydroxyl groups is 1. The van der Waals surface area contributed by atoms with Crippen LogP contribution in [0, 0.1) is 21.3 Å². The Morgan fingerprint density at radius 2 is 2.09 bits per heavy atom. The van der Waals surface area contributed by atoms with Crippen molar-refractivity contribution in [3.05, 3.63) is 62.9 Å². The van der Waals surface area contributed by atoms with E-state index in [0.29, 0.717) is 24.9 Å². The highest BCUT2D eigenvalue weighted by Gasteiger charge is 2.49. The van der Waals surface area contributed by atoms with Crippen molar-refractivity contribution in [2.45, 2.75) is 44.2 Å². The minimum Gasteiger partial charge on any atom is -0.398 e. The number of rotatable bonds is 4. The summed E-state index contributed by atoms with van der Waals surface area (Å²) < 4.78 is 1.03. The molecule has 5 N–H and O–H groups in total. The Labute approximate surface area is 219 Å². The lowest BCUT2D eigenvalue weighted by Gasteiger charge is -2.51. The maximum atomic E-state index is 13.4. The third-order valence-electron chi connectivity index (χ3n) is 8.63. The molecule has 0 radical (unpaired) electrons. The van der Waals surface area contributed by atoms with Gasteiger partial charge in [-0.3, -0.25) is 9.69 Å². The van der Waals surface area contributed by atoms with E-state index < -0.39 is 6.10 Å². The number of carbonyl (C=O) groups excluding carboxylic acids is 1. The van der Waals surface area contributed by atoms with Crippen LogP contribution in [0.1, 0.15) is 42.1 Å². The molecule has 35 heavy (non-hydrogen) atoms. The number of H-pyrrole nitrogens is 1. The van der Waals surface area contributed by atoms with E-state index in [1.807, 2.05) is 12.1 Å². The van der Waals surface area contributed by atoms with Gasteiger partial charge in [-0.2, -0.15) is 0 Å². The molecule has 2 aliphatic heterocycles. The van der Waals surface area contributed by atoms with Gasteiger partial charge in [0.1, 0.15) is 0 Å². The van der Waals surface area contributed by atoms with Crippen molar-refractivity contribution < 1.29 is 9.90 Å². The van der Waals surface area contributed by atoms with E-state index >= 15 is 0 Å². The smallest absolute Gasteiger partial charge is 0.226 e. The van der Waals surface area contributed by atoms with Crippen molar-refractivity contribution in [2.75, 3.05) is 25.4 Å². The Morgan fingerprint density at radius 3 is 2.94 bits per heavy atom. The molecule has 2 aromatic carbocycles. The molecular weight excluding hydrogens is 549 g/mol. The molecule has 184 valence electrons. The van der Waals surface area contributed by atoms with Crippen molar-refractivity contribution in [3.8, 4) is 0 Å². The summed E-state index contributed by atoms with van der Waals surface area (Å²) in [7, 11) is 0. The van der Waals surface area contributed by atoms with Gasteiger partial charge in [0, 0.05) is 45.5 Å². The normalized spacial score (nSPS) is 28.2. The molecule has 1 aromatic heterocycles. The summed E-state index contributed by atoms with van der Waals surface area (Å²) >= 11 is 2.24. The lowest BCUT2D eigenvalue weighted by molar-refractivity contribution is -0.139. The van der Waals surface area contributed by atoms with Crippen LogP contribution in [0.25, 0.3) is 10.9 Å². The van der Waals surface area contributed by atoms with Gasteiger partial charge in [-0.1, -0.05) is 24.3 Å². The van der Waals surface area contributed by atoms with Crippen molar-refractivity contribution in [1.82, 2.24) is 15.2 Å². The molecular formula is C28H33IN4O2. The molecule has 0 bridgehead atoms. The van der Waals surface area contributed by atoms with E-state index in [1.54, 1.807) is 0 Å². The zero-order valence-electron chi connectivity index (χ0n) is 19.8. The van der Waals surface area contributed by atoms with E-state index in [4.69, 9.17) is 5.73 Å². The predicted octanol–water partition coefficient (Wildman–Crippen LogP) is 4.02. The Balaban J connectivity index is 1.19. The Morgan fingerprint density at radius 1 is 1.23 bits per heavy atom. The SMILES string of the molecule is Nc1ccc(CCNC(=O)[C@H]2[C@H]3CC4c5[nH]c6ccccc6c5CCN4C[C@H]3CC[C@@H]2O)cc1[125I]. The molecule has 1 saturated carbocycles. The van der Waals surface area contributed by atoms with Gasteiger partial charge in [-0.05, 0) is 95.9 Å². The summed E-state index contributed by atoms with van der Waals surface area (Å²) in [5, 5.41) is 15.5. The third-order valence-corrected chi connectivity index (χ3v) is 9.56. The number of hydrogen-bond acceptors (Lipinski definition) is 4. The average molecular weight is 583 g/mol. The van der Waals surface area contributed by atoms with Crippen LogP contribution < -0.4 is 11.1 Å². The number of amides is 1. The molecule has 3 aromatic rings. The molecule has 5 atom stereocenters. The van der Waals surface area contributed by atoms with E-state index in [0.717, 1.165) is 53.6 Å². The first-order valence-electron chi connectivity index (χ1n) is 12.8. The van der Waals surface area contributed by atoms with Crippen LogP contribution in [-0.4, -0.2) is 46.6 Å². The Hall–Kier alpha value is -2.10. The lowest BCUT2D eigenvalue weighted by Crippen LogP contribution is -2.55. The summed E-state index contributed by atoms with van der Waals surface area (Å²) in [4.78, 5) is 19.7. The van der Waals surface area contributed by atoms with Crippen LogP contribution in [0.4, 0.5) is 5.69 Å². The molecule has 1 aliphatic carbocycles. The van der Waals surface area contributed by atoms with Crippen LogP contribution in [-0.2, 0) is 17.6 Å². The molecule has 3 aliphatic rings. The summed E-state index contributed by atoms with van der Waals surface area (Å²) in [6.07, 6.45) is 3.91. The fourth-order valence-corrected chi connectivity index (χ4v) is 7.46. The molecule has 3 heterocycles. The second kappa shape index (κ2) is 9.41. The Bertz CT molecular complexity index is 1260. The topological polar surface area (TPSA) is 94.4 Å².